The van der Waals surface area contributed by atoms with Gasteiger partial charge in [-0.15, -0.1) is 0 Å². The van der Waals surface area contributed by atoms with E-state index in [0.29, 0.717) is 6.42 Å². The van der Waals surface area contributed by atoms with Gasteiger partial charge in [-0.3, -0.25) is 0 Å². The van der Waals surface area contributed by atoms with Gasteiger partial charge in [0.2, 0.25) is 0 Å². The van der Waals surface area contributed by atoms with E-state index in [9.17, 15) is 9.90 Å². The first-order valence-corrected chi connectivity index (χ1v) is 7.91. The van der Waals surface area contributed by atoms with E-state index in [4.69, 9.17) is 4.74 Å². The molecule has 2 rings (SSSR count). The van der Waals surface area contributed by atoms with E-state index in [-0.39, 0.29) is 12.6 Å². The van der Waals surface area contributed by atoms with E-state index < -0.39 is 12.2 Å². The maximum atomic E-state index is 12.0. The van der Waals surface area contributed by atoms with Gasteiger partial charge < -0.3 is 15.2 Å². The number of hydrogen-bond acceptors (Lipinski definition) is 3. The second-order valence-electron chi connectivity index (χ2n) is 5.46. The predicted molar refractivity (Wildman–Crippen MR) is 89.9 cm³/mol. The molecule has 0 heterocycles. The number of nitrogens with one attached hydrogen (secondary N) is 1. The Morgan fingerprint density at radius 2 is 1.70 bits per heavy atom. The number of ether oxygens (including phenoxy) is 1. The van der Waals surface area contributed by atoms with Crippen molar-refractivity contribution in [1.29, 1.82) is 0 Å². The highest BCUT2D eigenvalue weighted by Gasteiger charge is 2.22. The maximum absolute atomic E-state index is 12.0. The molecule has 2 aromatic carbocycles. The molecule has 0 aliphatic heterocycles. The maximum Gasteiger partial charge on any atom is 0.407 e. The van der Waals surface area contributed by atoms with Gasteiger partial charge in [0.15, 0.2) is 0 Å². The van der Waals surface area contributed by atoms with Gasteiger partial charge in [0, 0.05) is 0 Å². The summed E-state index contributed by atoms with van der Waals surface area (Å²) in [6.07, 6.45) is 0.270. The Balaban J connectivity index is 1.91. The Hall–Kier alpha value is -2.33. The minimum atomic E-state index is -0.750. The minimum absolute atomic E-state index is 0.215. The number of amides is 1. The van der Waals surface area contributed by atoms with Crippen LogP contribution in [-0.4, -0.2) is 17.2 Å². The summed E-state index contributed by atoms with van der Waals surface area (Å²) in [5, 5.41) is 13.3. The van der Waals surface area contributed by atoms with Crippen LogP contribution < -0.4 is 5.32 Å². The van der Waals surface area contributed by atoms with Gasteiger partial charge in [0.05, 0.1) is 12.1 Å². The van der Waals surface area contributed by atoms with Crippen molar-refractivity contribution in [2.45, 2.75) is 38.5 Å². The van der Waals surface area contributed by atoms with Crippen molar-refractivity contribution in [3.63, 3.8) is 0 Å². The lowest BCUT2D eigenvalue weighted by atomic mass is 9.99. The van der Waals surface area contributed by atoms with Crippen LogP contribution in [0.15, 0.2) is 60.7 Å². The first-order chi connectivity index (χ1) is 11.2. The van der Waals surface area contributed by atoms with Crippen LogP contribution in [0.4, 0.5) is 4.79 Å². The third kappa shape index (κ3) is 5.42. The van der Waals surface area contributed by atoms with Gasteiger partial charge in [-0.05, 0) is 17.5 Å². The van der Waals surface area contributed by atoms with Crippen molar-refractivity contribution < 1.29 is 14.6 Å². The lowest BCUT2D eigenvalue weighted by molar-refractivity contribution is 0.0985. The average Bonchev–Trinajstić information content (AvgIpc) is 2.60. The van der Waals surface area contributed by atoms with E-state index in [2.05, 4.69) is 5.32 Å². The number of alkyl carbamates (subject to hydrolysis) is 1. The molecule has 0 radical (unpaired) electrons. The third-order valence-electron chi connectivity index (χ3n) is 3.64. The lowest BCUT2D eigenvalue weighted by Crippen LogP contribution is -2.39. The summed E-state index contributed by atoms with van der Waals surface area (Å²) in [4.78, 5) is 12.0. The van der Waals surface area contributed by atoms with Gasteiger partial charge in [-0.2, -0.15) is 0 Å². The van der Waals surface area contributed by atoms with E-state index in [0.717, 1.165) is 17.5 Å². The second kappa shape index (κ2) is 8.96. The molecule has 0 aliphatic carbocycles. The average molecular weight is 313 g/mol. The number of carbonyl (C=O) groups is 1. The van der Waals surface area contributed by atoms with Crippen molar-refractivity contribution in [3.05, 3.63) is 71.8 Å². The zero-order valence-electron chi connectivity index (χ0n) is 13.3. The van der Waals surface area contributed by atoms with Crippen LogP contribution in [0.1, 0.15) is 37.0 Å². The van der Waals surface area contributed by atoms with Gasteiger partial charge in [0.1, 0.15) is 6.61 Å². The second-order valence-corrected chi connectivity index (χ2v) is 5.46. The number of rotatable bonds is 7. The van der Waals surface area contributed by atoms with E-state index in [1.54, 1.807) is 0 Å². The molecule has 4 heteroatoms. The van der Waals surface area contributed by atoms with Gasteiger partial charge >= 0.3 is 6.09 Å². The van der Waals surface area contributed by atoms with Crippen molar-refractivity contribution in [2.24, 2.45) is 0 Å². The molecule has 122 valence electrons. The largest absolute Gasteiger partial charge is 0.445 e. The van der Waals surface area contributed by atoms with E-state index >= 15 is 0 Å². The molecule has 23 heavy (non-hydrogen) atoms. The molecule has 0 aliphatic rings. The SMILES string of the molecule is CCCC(NC(=O)OCc1ccccc1)C(O)c1ccccc1. The molecule has 4 nitrogen and oxygen atoms in total. The molecule has 0 bridgehead atoms. The highest BCUT2D eigenvalue weighted by atomic mass is 16.5. The molecule has 0 saturated heterocycles. The Labute approximate surface area is 137 Å². The fraction of sp³-hybridized carbons (Fsp3) is 0.316. The van der Waals surface area contributed by atoms with E-state index in [1.165, 1.54) is 0 Å². The van der Waals surface area contributed by atoms with Crippen molar-refractivity contribution in [1.82, 2.24) is 5.32 Å². The predicted octanol–water partition coefficient (Wildman–Crippen LogP) is 3.82. The smallest absolute Gasteiger partial charge is 0.407 e. The highest BCUT2D eigenvalue weighted by molar-refractivity contribution is 5.67. The van der Waals surface area contributed by atoms with Gasteiger partial charge in [-0.25, -0.2) is 4.79 Å². The lowest BCUT2D eigenvalue weighted by Gasteiger charge is -2.24. The first kappa shape index (κ1) is 17.0. The van der Waals surface area contributed by atoms with Gasteiger partial charge in [0.25, 0.3) is 0 Å². The molecular formula is C19H23NO3. The van der Waals surface area contributed by atoms with Crippen LogP contribution in [0.2, 0.25) is 0 Å². The van der Waals surface area contributed by atoms with Crippen LogP contribution in [0.25, 0.3) is 0 Å². The monoisotopic (exact) mass is 313 g/mol. The van der Waals surface area contributed by atoms with Crippen LogP contribution in [0, 0.1) is 0 Å². The van der Waals surface area contributed by atoms with E-state index in [1.807, 2.05) is 67.6 Å². The van der Waals surface area contributed by atoms with Crippen molar-refractivity contribution in [3.8, 4) is 0 Å². The zero-order valence-corrected chi connectivity index (χ0v) is 13.3. The summed E-state index contributed by atoms with van der Waals surface area (Å²) >= 11 is 0. The molecule has 2 unspecified atom stereocenters. The molecule has 0 fully saturated rings. The molecular weight excluding hydrogens is 290 g/mol. The topological polar surface area (TPSA) is 58.6 Å². The molecule has 2 N–H and O–H groups in total. The van der Waals surface area contributed by atoms with Crippen molar-refractivity contribution >= 4 is 6.09 Å². The van der Waals surface area contributed by atoms with Crippen LogP contribution >= 0.6 is 0 Å². The summed E-state index contributed by atoms with van der Waals surface area (Å²) in [5.74, 6) is 0. The molecule has 0 spiro atoms. The number of aliphatic hydroxyl groups is 1. The van der Waals surface area contributed by atoms with Gasteiger partial charge in [-0.1, -0.05) is 74.0 Å². The summed E-state index contributed by atoms with van der Waals surface area (Å²) in [6, 6.07) is 18.5. The third-order valence-corrected chi connectivity index (χ3v) is 3.64. The molecule has 1 amide bonds. The summed E-state index contributed by atoms with van der Waals surface area (Å²) < 4.78 is 5.23. The van der Waals surface area contributed by atoms with Crippen LogP contribution in [0.5, 0.6) is 0 Å². The fourth-order valence-corrected chi connectivity index (χ4v) is 2.42. The zero-order chi connectivity index (χ0) is 16.5. The number of benzene rings is 2. The minimum Gasteiger partial charge on any atom is -0.445 e. The number of aliphatic hydroxyl groups excluding tert-OH is 1. The van der Waals surface area contributed by atoms with Crippen LogP contribution in [0.3, 0.4) is 0 Å². The summed E-state index contributed by atoms with van der Waals surface area (Å²) in [5.41, 5.74) is 1.72. The summed E-state index contributed by atoms with van der Waals surface area (Å²) in [7, 11) is 0. The fourth-order valence-electron chi connectivity index (χ4n) is 2.42. The van der Waals surface area contributed by atoms with Crippen molar-refractivity contribution in [2.75, 3.05) is 0 Å². The van der Waals surface area contributed by atoms with Crippen LogP contribution in [-0.2, 0) is 11.3 Å². The standard InChI is InChI=1S/C19H23NO3/c1-2-9-17(18(21)16-12-7-4-8-13-16)20-19(22)23-14-15-10-5-3-6-11-15/h3-8,10-13,17-18,21H,2,9,14H2,1H3,(H,20,22). The molecule has 2 aromatic rings. The molecule has 2 atom stereocenters. The Kier molecular flexibility index (Phi) is 6.63. The normalized spacial score (nSPS) is 13.1. The molecule has 0 saturated carbocycles. The first-order valence-electron chi connectivity index (χ1n) is 7.91. The number of carbonyl (C=O) groups excluding carboxylic acids is 1. The Morgan fingerprint density at radius 1 is 1.09 bits per heavy atom. The number of hydrogen-bond donors (Lipinski definition) is 2. The Bertz CT molecular complexity index is 586. The highest BCUT2D eigenvalue weighted by Crippen LogP contribution is 2.19. The summed E-state index contributed by atoms with van der Waals surface area (Å²) in [6.45, 7) is 2.23. The quantitative estimate of drug-likeness (QED) is 0.817. The molecule has 0 aromatic heterocycles. The Morgan fingerprint density at radius 3 is 2.30 bits per heavy atom.